The predicted octanol–water partition coefficient (Wildman–Crippen LogP) is 3.59. The van der Waals surface area contributed by atoms with E-state index in [1.54, 1.807) is 13.0 Å². The molecule has 0 fully saturated rings. The number of hydrogen-bond donors (Lipinski definition) is 2. The van der Waals surface area contributed by atoms with E-state index < -0.39 is 0 Å². The lowest BCUT2D eigenvalue weighted by Crippen LogP contribution is -2.35. The minimum atomic E-state index is -0.322. The number of para-hydroxylation sites is 1. The van der Waals surface area contributed by atoms with Gasteiger partial charge in [-0.1, -0.05) is 24.3 Å². The fraction of sp³-hybridized carbons (Fsp3) is 0.300. The average molecular weight is 372 g/mol. The monoisotopic (exact) mass is 371 g/mol. The Labute approximate surface area is 160 Å². The van der Waals surface area contributed by atoms with Crippen LogP contribution in [0.15, 0.2) is 48.5 Å². The Hall–Kier alpha value is -2.60. The van der Waals surface area contributed by atoms with Gasteiger partial charge in [0.1, 0.15) is 0 Å². The number of carbonyl (C=O) groups excluding carboxylic acids is 1. The Morgan fingerprint density at radius 2 is 1.88 bits per heavy atom. The van der Waals surface area contributed by atoms with Crippen LogP contribution in [-0.2, 0) is 4.74 Å². The summed E-state index contributed by atoms with van der Waals surface area (Å²) < 4.78 is 5.08. The third-order valence-corrected chi connectivity index (χ3v) is 4.25. The number of hydrogen-bond acceptors (Lipinski definition) is 4. The number of carbonyl (C=O) groups is 1. The van der Waals surface area contributed by atoms with Crippen LogP contribution < -0.4 is 15.5 Å². The molecule has 0 atom stereocenters. The van der Waals surface area contributed by atoms with E-state index in [2.05, 4.69) is 27.7 Å². The van der Waals surface area contributed by atoms with E-state index in [1.807, 2.05) is 44.3 Å². The highest BCUT2D eigenvalue weighted by Gasteiger charge is 2.13. The molecule has 0 saturated carbocycles. The van der Waals surface area contributed by atoms with Crippen LogP contribution in [0.2, 0.25) is 0 Å². The zero-order valence-corrected chi connectivity index (χ0v) is 16.2. The van der Waals surface area contributed by atoms with Gasteiger partial charge in [0.2, 0.25) is 0 Å². The number of thiocarbonyl (C=S) groups is 1. The molecule has 0 radical (unpaired) electrons. The van der Waals surface area contributed by atoms with Crippen molar-refractivity contribution in [3.63, 3.8) is 0 Å². The third kappa shape index (κ3) is 5.46. The second kappa shape index (κ2) is 9.77. The van der Waals surface area contributed by atoms with Crippen molar-refractivity contribution >= 4 is 34.7 Å². The number of anilines is 2. The molecule has 5 nitrogen and oxygen atoms in total. The van der Waals surface area contributed by atoms with Crippen molar-refractivity contribution in [3.8, 4) is 0 Å². The van der Waals surface area contributed by atoms with E-state index in [0.717, 1.165) is 23.5 Å². The van der Waals surface area contributed by atoms with Gasteiger partial charge in [0.05, 0.1) is 12.2 Å². The van der Waals surface area contributed by atoms with Crippen molar-refractivity contribution in [1.29, 1.82) is 0 Å². The van der Waals surface area contributed by atoms with E-state index in [4.69, 9.17) is 17.0 Å². The van der Waals surface area contributed by atoms with Crippen LogP contribution in [0, 0.1) is 6.92 Å². The van der Waals surface area contributed by atoms with Gasteiger partial charge in [0.25, 0.3) is 0 Å². The molecule has 2 aromatic carbocycles. The number of esters is 1. The number of nitrogens with zero attached hydrogens (tertiary/aromatic N) is 1. The zero-order valence-electron chi connectivity index (χ0n) is 15.4. The fourth-order valence-corrected chi connectivity index (χ4v) is 2.73. The first-order valence-corrected chi connectivity index (χ1v) is 9.01. The van der Waals surface area contributed by atoms with Gasteiger partial charge in [-0.25, -0.2) is 4.79 Å². The first kappa shape index (κ1) is 19.7. The number of likely N-dealkylation sites (N-methyl/N-ethyl adjacent to an activating group) is 1. The van der Waals surface area contributed by atoms with E-state index >= 15 is 0 Å². The molecule has 2 N–H and O–H groups in total. The second-order valence-corrected chi connectivity index (χ2v) is 6.24. The molecule has 0 aliphatic heterocycles. The van der Waals surface area contributed by atoms with Crippen LogP contribution in [0.1, 0.15) is 22.8 Å². The highest BCUT2D eigenvalue weighted by Crippen LogP contribution is 2.19. The van der Waals surface area contributed by atoms with Crippen molar-refractivity contribution in [3.05, 3.63) is 59.7 Å². The van der Waals surface area contributed by atoms with Crippen LogP contribution in [0.5, 0.6) is 0 Å². The standard InChI is InChI=1S/C20H25N3O2S/c1-4-25-19(24)17-11-8-12-18(15(17)2)22-20(26)21-13-14-23(3)16-9-6-5-7-10-16/h5-12H,4,13-14H2,1-3H3,(H2,21,22,26). The van der Waals surface area contributed by atoms with Gasteiger partial charge < -0.3 is 20.3 Å². The van der Waals surface area contributed by atoms with Gasteiger partial charge in [0.15, 0.2) is 5.11 Å². The molecule has 0 heterocycles. The van der Waals surface area contributed by atoms with E-state index in [0.29, 0.717) is 23.8 Å². The highest BCUT2D eigenvalue weighted by atomic mass is 32.1. The molecule has 0 bridgehead atoms. The average Bonchev–Trinajstić information content (AvgIpc) is 2.64. The number of benzene rings is 2. The molecule has 0 amide bonds. The molecule has 0 aliphatic carbocycles. The number of rotatable bonds is 7. The van der Waals surface area contributed by atoms with E-state index in [1.165, 1.54) is 0 Å². The maximum atomic E-state index is 12.0. The molecule has 138 valence electrons. The summed E-state index contributed by atoms with van der Waals surface area (Å²) in [6.07, 6.45) is 0. The molecule has 0 saturated heterocycles. The Kier molecular flexibility index (Phi) is 7.41. The summed E-state index contributed by atoms with van der Waals surface area (Å²) in [5.41, 5.74) is 3.32. The lowest BCUT2D eigenvalue weighted by atomic mass is 10.1. The number of ether oxygens (including phenoxy) is 1. The minimum Gasteiger partial charge on any atom is -0.462 e. The zero-order chi connectivity index (χ0) is 18.9. The molecule has 6 heteroatoms. The molecule has 0 aromatic heterocycles. The van der Waals surface area contributed by atoms with Crippen LogP contribution in [-0.4, -0.2) is 37.8 Å². The normalized spacial score (nSPS) is 10.1. The smallest absolute Gasteiger partial charge is 0.338 e. The maximum absolute atomic E-state index is 12.0. The summed E-state index contributed by atoms with van der Waals surface area (Å²) in [6.45, 7) is 5.54. The van der Waals surface area contributed by atoms with Gasteiger partial charge in [-0.15, -0.1) is 0 Å². The highest BCUT2D eigenvalue weighted by molar-refractivity contribution is 7.80. The summed E-state index contributed by atoms with van der Waals surface area (Å²) in [4.78, 5) is 14.1. The second-order valence-electron chi connectivity index (χ2n) is 5.84. The first-order valence-electron chi connectivity index (χ1n) is 8.60. The molecule has 26 heavy (non-hydrogen) atoms. The van der Waals surface area contributed by atoms with Crippen LogP contribution in [0.4, 0.5) is 11.4 Å². The predicted molar refractivity (Wildman–Crippen MR) is 111 cm³/mol. The van der Waals surface area contributed by atoms with E-state index in [9.17, 15) is 4.79 Å². The van der Waals surface area contributed by atoms with Crippen LogP contribution in [0.3, 0.4) is 0 Å². The van der Waals surface area contributed by atoms with Gasteiger partial charge in [-0.2, -0.15) is 0 Å². The first-order chi connectivity index (χ1) is 12.5. The molecule has 2 aromatic rings. The van der Waals surface area contributed by atoms with Crippen molar-refractivity contribution in [2.45, 2.75) is 13.8 Å². The van der Waals surface area contributed by atoms with Gasteiger partial charge in [0, 0.05) is 31.5 Å². The van der Waals surface area contributed by atoms with Crippen molar-refractivity contribution < 1.29 is 9.53 Å². The summed E-state index contributed by atoms with van der Waals surface area (Å²) in [5.74, 6) is -0.322. The van der Waals surface area contributed by atoms with Gasteiger partial charge >= 0.3 is 5.97 Å². The third-order valence-electron chi connectivity index (χ3n) is 4.01. The Morgan fingerprint density at radius 3 is 2.58 bits per heavy atom. The lowest BCUT2D eigenvalue weighted by molar-refractivity contribution is 0.0525. The minimum absolute atomic E-state index is 0.322. The van der Waals surface area contributed by atoms with Crippen LogP contribution in [0.25, 0.3) is 0 Å². The summed E-state index contributed by atoms with van der Waals surface area (Å²) >= 11 is 5.37. The topological polar surface area (TPSA) is 53.6 Å². The Bertz CT molecular complexity index is 750. The summed E-state index contributed by atoms with van der Waals surface area (Å²) in [7, 11) is 2.04. The molecule has 0 aliphatic rings. The van der Waals surface area contributed by atoms with Crippen molar-refractivity contribution in [2.75, 3.05) is 37.0 Å². The summed E-state index contributed by atoms with van der Waals surface area (Å²) in [6, 6.07) is 15.6. The van der Waals surface area contributed by atoms with Crippen molar-refractivity contribution in [2.24, 2.45) is 0 Å². The lowest BCUT2D eigenvalue weighted by Gasteiger charge is -2.20. The Balaban J connectivity index is 1.88. The van der Waals surface area contributed by atoms with Gasteiger partial charge in [-0.3, -0.25) is 0 Å². The van der Waals surface area contributed by atoms with Crippen molar-refractivity contribution in [1.82, 2.24) is 5.32 Å². The SMILES string of the molecule is CCOC(=O)c1cccc(NC(=S)NCCN(C)c2ccccc2)c1C. The summed E-state index contributed by atoms with van der Waals surface area (Å²) in [5, 5.41) is 6.87. The maximum Gasteiger partial charge on any atom is 0.338 e. The number of nitrogens with one attached hydrogen (secondary N) is 2. The largest absolute Gasteiger partial charge is 0.462 e. The molecular weight excluding hydrogens is 346 g/mol. The fourth-order valence-electron chi connectivity index (χ4n) is 2.52. The molecular formula is C20H25N3O2S. The van der Waals surface area contributed by atoms with Crippen LogP contribution >= 0.6 is 12.2 Å². The van der Waals surface area contributed by atoms with Gasteiger partial charge in [-0.05, 0) is 55.9 Å². The molecule has 2 rings (SSSR count). The molecule has 0 unspecified atom stereocenters. The quantitative estimate of drug-likeness (QED) is 0.573. The molecule has 0 spiro atoms. The Morgan fingerprint density at radius 1 is 1.15 bits per heavy atom. The van der Waals surface area contributed by atoms with E-state index in [-0.39, 0.29) is 5.97 Å².